The lowest BCUT2D eigenvalue weighted by molar-refractivity contribution is 0.105. The van der Waals surface area contributed by atoms with Crippen LogP contribution >= 0.6 is 0 Å². The highest BCUT2D eigenvalue weighted by Crippen LogP contribution is 2.39. The predicted octanol–water partition coefficient (Wildman–Crippen LogP) is 2.21. The summed E-state index contributed by atoms with van der Waals surface area (Å²) in [7, 11) is 0. The molecule has 0 aromatic rings. The second kappa shape index (κ2) is 7.17. The molecule has 0 aromatic carbocycles. The Bertz CT molecular complexity index is 425. The van der Waals surface area contributed by atoms with Gasteiger partial charge in [-0.25, -0.2) is 4.79 Å². The van der Waals surface area contributed by atoms with Gasteiger partial charge >= 0.3 is 6.09 Å². The van der Waals surface area contributed by atoms with E-state index in [1.54, 1.807) is 0 Å². The Labute approximate surface area is 142 Å². The van der Waals surface area contributed by atoms with Crippen LogP contribution in [0.25, 0.3) is 0 Å². The lowest BCUT2D eigenvalue weighted by Gasteiger charge is -2.40. The first-order valence-electron chi connectivity index (χ1n) is 8.07. The van der Waals surface area contributed by atoms with E-state index in [1.165, 1.54) is 4.90 Å². The number of amides is 1. The zero-order chi connectivity index (χ0) is 18.1. The third-order valence-electron chi connectivity index (χ3n) is 4.61. The third-order valence-corrected chi connectivity index (χ3v) is 6.22. The Kier molecular flexibility index (Phi) is 6.40. The van der Waals surface area contributed by atoms with E-state index in [-0.39, 0.29) is 23.5 Å². The molecular weight excluding hydrogens is 316 g/mol. The number of nitrogens with one attached hydrogen (secondary N) is 1. The molecular formula is C16H32N2O4S. The smallest absolute Gasteiger partial charge is 0.407 e. The van der Waals surface area contributed by atoms with Crippen LogP contribution in [0.4, 0.5) is 4.79 Å². The van der Waals surface area contributed by atoms with Crippen molar-refractivity contribution in [3.05, 3.63) is 0 Å². The molecule has 1 aliphatic heterocycles. The van der Waals surface area contributed by atoms with Crippen molar-refractivity contribution in [1.82, 2.24) is 9.62 Å². The topological polar surface area (TPSA) is 95.9 Å². The zero-order valence-electron chi connectivity index (χ0n) is 15.2. The standard InChI is InChI=1S/C16H32N2O4S/c1-14(2,3)23(22)17-12(9-15(4,5)11-19)16(6)7-8-18(10-16)13(20)21/h12,17,19H,7-11H2,1-6H3,(H,20,21)/t12-,16+,23-/m0/s1. The molecule has 0 saturated carbocycles. The van der Waals surface area contributed by atoms with Crippen molar-refractivity contribution in [2.24, 2.45) is 10.8 Å². The number of aliphatic hydroxyl groups is 1. The largest absolute Gasteiger partial charge is 0.598 e. The molecule has 3 atom stereocenters. The van der Waals surface area contributed by atoms with E-state index < -0.39 is 22.2 Å². The molecule has 23 heavy (non-hydrogen) atoms. The van der Waals surface area contributed by atoms with E-state index in [4.69, 9.17) is 0 Å². The van der Waals surface area contributed by atoms with Gasteiger partial charge in [-0.1, -0.05) is 20.8 Å². The Morgan fingerprint density at radius 2 is 1.96 bits per heavy atom. The first kappa shape index (κ1) is 20.5. The van der Waals surface area contributed by atoms with Crippen molar-refractivity contribution in [2.75, 3.05) is 19.7 Å². The number of likely N-dealkylation sites (tertiary alicyclic amines) is 1. The van der Waals surface area contributed by atoms with Crippen molar-refractivity contribution in [3.63, 3.8) is 0 Å². The fourth-order valence-electron chi connectivity index (χ4n) is 2.79. The van der Waals surface area contributed by atoms with Gasteiger partial charge in [0.1, 0.15) is 4.75 Å². The van der Waals surface area contributed by atoms with E-state index in [0.29, 0.717) is 19.5 Å². The fourth-order valence-corrected chi connectivity index (χ4v) is 3.77. The molecule has 0 spiro atoms. The molecule has 0 unspecified atom stereocenters. The summed E-state index contributed by atoms with van der Waals surface area (Å²) in [5.74, 6) is 0. The molecule has 1 aliphatic rings. The molecule has 0 aliphatic carbocycles. The lowest BCUT2D eigenvalue weighted by atomic mass is 9.74. The van der Waals surface area contributed by atoms with Crippen LogP contribution in [0.5, 0.6) is 0 Å². The second-order valence-electron chi connectivity index (χ2n) is 8.69. The van der Waals surface area contributed by atoms with Crippen molar-refractivity contribution < 1.29 is 19.6 Å². The highest BCUT2D eigenvalue weighted by molar-refractivity contribution is 7.90. The number of aliphatic hydroxyl groups excluding tert-OH is 1. The Morgan fingerprint density at radius 1 is 1.39 bits per heavy atom. The Morgan fingerprint density at radius 3 is 2.35 bits per heavy atom. The summed E-state index contributed by atoms with van der Waals surface area (Å²) < 4.78 is 15.4. The molecule has 1 heterocycles. The molecule has 0 bridgehead atoms. The summed E-state index contributed by atoms with van der Waals surface area (Å²) in [6.07, 6.45) is 0.445. The van der Waals surface area contributed by atoms with Gasteiger partial charge in [-0.15, -0.1) is 4.72 Å². The quantitative estimate of drug-likeness (QED) is 0.640. The monoisotopic (exact) mass is 348 g/mol. The summed E-state index contributed by atoms with van der Waals surface area (Å²) in [6, 6.07) is -0.131. The number of rotatable bonds is 6. The van der Waals surface area contributed by atoms with Crippen LogP contribution in [0.3, 0.4) is 0 Å². The third kappa shape index (κ3) is 5.52. The maximum atomic E-state index is 12.6. The minimum absolute atomic E-state index is 0.0338. The van der Waals surface area contributed by atoms with Crippen molar-refractivity contribution in [1.29, 1.82) is 0 Å². The molecule has 1 fully saturated rings. The first-order valence-corrected chi connectivity index (χ1v) is 9.22. The van der Waals surface area contributed by atoms with Gasteiger partial charge < -0.3 is 19.7 Å². The van der Waals surface area contributed by atoms with E-state index in [1.807, 2.05) is 41.5 Å². The Hall–Kier alpha value is -0.500. The molecule has 1 rings (SSSR count). The molecule has 1 saturated heterocycles. The highest BCUT2D eigenvalue weighted by atomic mass is 32.2. The highest BCUT2D eigenvalue weighted by Gasteiger charge is 2.46. The normalized spacial score (nSPS) is 25.5. The molecule has 6 nitrogen and oxygen atoms in total. The van der Waals surface area contributed by atoms with Crippen molar-refractivity contribution >= 4 is 17.5 Å². The molecule has 1 amide bonds. The van der Waals surface area contributed by atoms with E-state index in [2.05, 4.69) is 4.72 Å². The van der Waals surface area contributed by atoms with E-state index in [0.717, 1.165) is 6.42 Å². The van der Waals surface area contributed by atoms with Crippen molar-refractivity contribution in [3.8, 4) is 0 Å². The van der Waals surface area contributed by atoms with Gasteiger partial charge in [-0.2, -0.15) is 0 Å². The van der Waals surface area contributed by atoms with Crippen LogP contribution in [0.2, 0.25) is 0 Å². The summed E-state index contributed by atoms with van der Waals surface area (Å²) in [6.45, 7) is 12.6. The van der Waals surface area contributed by atoms with Crippen LogP contribution in [-0.2, 0) is 11.4 Å². The van der Waals surface area contributed by atoms with Gasteiger partial charge in [-0.3, -0.25) is 0 Å². The van der Waals surface area contributed by atoms with Gasteiger partial charge in [0.15, 0.2) is 0 Å². The van der Waals surface area contributed by atoms with Crippen LogP contribution in [-0.4, -0.2) is 56.2 Å². The first-order chi connectivity index (χ1) is 10.3. The maximum Gasteiger partial charge on any atom is 0.407 e. The van der Waals surface area contributed by atoms with Gasteiger partial charge in [-0.05, 0) is 39.0 Å². The number of carboxylic acid groups (broad SMARTS) is 1. The predicted molar refractivity (Wildman–Crippen MR) is 92.6 cm³/mol. The number of carbonyl (C=O) groups is 1. The van der Waals surface area contributed by atoms with Gasteiger partial charge in [0.2, 0.25) is 0 Å². The van der Waals surface area contributed by atoms with Crippen LogP contribution in [0.15, 0.2) is 0 Å². The maximum absolute atomic E-state index is 12.6. The molecule has 0 aromatic heterocycles. The van der Waals surface area contributed by atoms with Crippen LogP contribution in [0, 0.1) is 10.8 Å². The van der Waals surface area contributed by atoms with Gasteiger partial charge in [0.25, 0.3) is 0 Å². The zero-order valence-corrected chi connectivity index (χ0v) is 16.0. The minimum atomic E-state index is -1.25. The SMILES string of the molecule is CC(C)(CO)C[C@H](N[S@@+]([O-])C(C)(C)C)[C@]1(C)CCN(C(=O)O)C1. The average Bonchev–Trinajstić information content (AvgIpc) is 2.81. The molecule has 0 radical (unpaired) electrons. The number of hydrogen-bond donors (Lipinski definition) is 3. The average molecular weight is 349 g/mol. The van der Waals surface area contributed by atoms with Gasteiger partial charge in [0, 0.05) is 36.5 Å². The van der Waals surface area contributed by atoms with Crippen molar-refractivity contribution in [2.45, 2.75) is 65.2 Å². The van der Waals surface area contributed by atoms with E-state index >= 15 is 0 Å². The lowest BCUT2D eigenvalue weighted by Crippen LogP contribution is -2.53. The fraction of sp³-hybridized carbons (Fsp3) is 0.938. The molecule has 3 N–H and O–H groups in total. The number of nitrogens with zero attached hydrogens (tertiary/aromatic N) is 1. The van der Waals surface area contributed by atoms with Crippen LogP contribution in [0.1, 0.15) is 54.4 Å². The molecule has 7 heteroatoms. The van der Waals surface area contributed by atoms with E-state index in [9.17, 15) is 19.6 Å². The summed E-state index contributed by atoms with van der Waals surface area (Å²) in [5.41, 5.74) is -0.620. The van der Waals surface area contributed by atoms with Gasteiger partial charge in [0.05, 0.1) is 6.04 Å². The molecule has 136 valence electrons. The minimum Gasteiger partial charge on any atom is -0.598 e. The summed E-state index contributed by atoms with van der Waals surface area (Å²) in [5, 5.41) is 18.8. The van der Waals surface area contributed by atoms with Crippen LogP contribution < -0.4 is 4.72 Å². The summed E-state index contributed by atoms with van der Waals surface area (Å²) in [4.78, 5) is 12.7. The summed E-state index contributed by atoms with van der Waals surface area (Å²) >= 11 is -1.25. The Balaban J connectivity index is 2.97. The second-order valence-corrected chi connectivity index (χ2v) is 10.7. The number of hydrogen-bond acceptors (Lipinski definition) is 4.